The maximum Gasteiger partial charge on any atom is 0.490 e. The van der Waals surface area contributed by atoms with Crippen molar-refractivity contribution in [2.24, 2.45) is 5.92 Å². The lowest BCUT2D eigenvalue weighted by Crippen LogP contribution is -2.56. The van der Waals surface area contributed by atoms with Gasteiger partial charge in [-0.1, -0.05) is 51.2 Å². The highest BCUT2D eigenvalue weighted by molar-refractivity contribution is 5.99. The molecule has 3 saturated heterocycles. The number of piperidine rings is 2. The van der Waals surface area contributed by atoms with Crippen molar-refractivity contribution in [3.8, 4) is 0 Å². The van der Waals surface area contributed by atoms with Crippen molar-refractivity contribution in [1.82, 2.24) is 14.7 Å². The van der Waals surface area contributed by atoms with E-state index >= 15 is 0 Å². The smallest absolute Gasteiger partial charge is 0.475 e. The first-order valence-electron chi connectivity index (χ1n) is 17.0. The Bertz CT molecular complexity index is 1170. The number of carboxylic acids is 1. The fourth-order valence-electron chi connectivity index (χ4n) is 7.73. The predicted octanol–water partition coefficient (Wildman–Crippen LogP) is 6.42. The molecule has 1 N–H and O–H groups in total. The van der Waals surface area contributed by atoms with E-state index in [4.69, 9.17) is 14.6 Å². The zero-order valence-electron chi connectivity index (χ0n) is 27.6. The van der Waals surface area contributed by atoms with E-state index in [1.807, 2.05) is 48.2 Å². The quantitative estimate of drug-likeness (QED) is 0.347. The molecule has 5 rings (SSSR count). The van der Waals surface area contributed by atoms with Gasteiger partial charge in [0, 0.05) is 71.4 Å². The molecule has 1 saturated carbocycles. The number of aliphatic carboxylic acids is 1. The summed E-state index contributed by atoms with van der Waals surface area (Å²) >= 11 is 0. The molecule has 46 heavy (non-hydrogen) atoms. The van der Waals surface area contributed by atoms with Crippen LogP contribution in [-0.2, 0) is 9.53 Å². The number of carboxylic acid groups (broad SMARTS) is 1. The molecule has 9 nitrogen and oxygen atoms in total. The predicted molar refractivity (Wildman–Crippen MR) is 170 cm³/mol. The van der Waals surface area contributed by atoms with Gasteiger partial charge in [-0.3, -0.25) is 9.69 Å². The van der Waals surface area contributed by atoms with Gasteiger partial charge in [-0.15, -0.1) is 0 Å². The second kappa shape index (κ2) is 15.7. The zero-order chi connectivity index (χ0) is 33.5. The minimum atomic E-state index is -5.08. The van der Waals surface area contributed by atoms with Gasteiger partial charge in [0.25, 0.3) is 5.91 Å². The second-order valence-electron chi connectivity index (χ2n) is 13.5. The first kappa shape index (κ1) is 35.8. The third kappa shape index (κ3) is 8.66. The fourth-order valence-corrected chi connectivity index (χ4v) is 7.73. The Morgan fingerprint density at radius 2 is 1.61 bits per heavy atom. The van der Waals surface area contributed by atoms with Crippen LogP contribution in [0.1, 0.15) is 94.3 Å². The molecular weight excluding hydrogens is 601 g/mol. The van der Waals surface area contributed by atoms with Gasteiger partial charge in [-0.2, -0.15) is 13.2 Å². The molecule has 1 spiro atoms. The summed E-state index contributed by atoms with van der Waals surface area (Å²) in [6.45, 7) is 6.70. The minimum Gasteiger partial charge on any atom is -0.475 e. The van der Waals surface area contributed by atoms with Crippen LogP contribution >= 0.6 is 0 Å². The number of rotatable bonds is 8. The molecule has 1 atom stereocenters. The van der Waals surface area contributed by atoms with Crippen molar-refractivity contribution < 1.29 is 37.4 Å². The Morgan fingerprint density at radius 3 is 2.17 bits per heavy atom. The molecule has 0 bridgehead atoms. The number of nitrogens with zero attached hydrogens (tertiary/aromatic N) is 4. The van der Waals surface area contributed by atoms with Crippen LogP contribution in [0.15, 0.2) is 24.3 Å². The van der Waals surface area contributed by atoms with Crippen LogP contribution in [0.5, 0.6) is 0 Å². The van der Waals surface area contributed by atoms with E-state index in [9.17, 15) is 22.8 Å². The first-order chi connectivity index (χ1) is 21.9. The van der Waals surface area contributed by atoms with Crippen LogP contribution in [0.4, 0.5) is 23.7 Å². The Balaban J connectivity index is 0.000000617. The number of hydrogen-bond acceptors (Lipinski definition) is 6. The van der Waals surface area contributed by atoms with E-state index in [0.29, 0.717) is 12.0 Å². The number of benzene rings is 1. The summed E-state index contributed by atoms with van der Waals surface area (Å²) < 4.78 is 38.1. The fraction of sp³-hybridized carbons (Fsp3) is 0.735. The van der Waals surface area contributed by atoms with Gasteiger partial charge in [0.1, 0.15) is 5.60 Å². The summed E-state index contributed by atoms with van der Waals surface area (Å²) in [6, 6.07) is 8.64. The van der Waals surface area contributed by atoms with Crippen LogP contribution in [0, 0.1) is 5.92 Å². The molecule has 0 radical (unpaired) electrons. The summed E-state index contributed by atoms with van der Waals surface area (Å²) in [7, 11) is 3.98. The summed E-state index contributed by atoms with van der Waals surface area (Å²) in [5.41, 5.74) is 1.45. The minimum absolute atomic E-state index is 0.0556. The molecule has 1 aliphatic carbocycles. The molecule has 3 aliphatic heterocycles. The van der Waals surface area contributed by atoms with Crippen molar-refractivity contribution in [3.63, 3.8) is 0 Å². The first-order valence-corrected chi connectivity index (χ1v) is 17.0. The number of likely N-dealkylation sites (tertiary alicyclic amines) is 2. The average molecular weight is 653 g/mol. The molecule has 12 heteroatoms. The van der Waals surface area contributed by atoms with E-state index in [-0.39, 0.29) is 23.6 Å². The molecule has 4 fully saturated rings. The van der Waals surface area contributed by atoms with Gasteiger partial charge in [0.2, 0.25) is 0 Å². The standard InChI is InChI=1S/C32H50N4O3.C2HF3O2/c1-4-5-15-29-32(39-31(38)36(29)24-25-11-7-6-8-12-25)18-22-34(23-19-32)26-16-20-35(21-17-26)30(37)27-13-9-10-14-28(27)33(2)3;3-2(4,5)1(6)7/h9-10,13-14,25-26,29H,4-8,11-12,15-24H2,1-3H3;(H,6,7). The lowest BCUT2D eigenvalue weighted by molar-refractivity contribution is -0.192. The number of para-hydroxylation sites is 1. The lowest BCUT2D eigenvalue weighted by atomic mass is 9.80. The largest absolute Gasteiger partial charge is 0.490 e. The number of unbranched alkanes of at least 4 members (excludes halogenated alkanes) is 1. The van der Waals surface area contributed by atoms with E-state index in [0.717, 1.165) is 88.9 Å². The second-order valence-corrected chi connectivity index (χ2v) is 13.5. The molecule has 2 amide bonds. The van der Waals surface area contributed by atoms with Crippen molar-refractivity contribution in [2.75, 3.05) is 51.7 Å². The third-order valence-corrected chi connectivity index (χ3v) is 10.3. The molecule has 1 aromatic rings. The van der Waals surface area contributed by atoms with E-state index in [1.165, 1.54) is 32.1 Å². The number of amides is 2. The molecule has 3 heterocycles. The number of carbonyl (C=O) groups is 3. The Labute approximate surface area is 271 Å². The van der Waals surface area contributed by atoms with E-state index < -0.39 is 12.1 Å². The molecule has 1 unspecified atom stereocenters. The lowest BCUT2D eigenvalue weighted by Gasteiger charge is -2.46. The highest BCUT2D eigenvalue weighted by Crippen LogP contribution is 2.43. The van der Waals surface area contributed by atoms with Gasteiger partial charge in [-0.05, 0) is 50.2 Å². The summed E-state index contributed by atoms with van der Waals surface area (Å²) in [5, 5.41) is 7.12. The number of hydrogen-bond donors (Lipinski definition) is 1. The molecule has 0 aromatic heterocycles. The normalized spacial score (nSPS) is 22.7. The summed E-state index contributed by atoms with van der Waals surface area (Å²) in [4.78, 5) is 44.3. The topological polar surface area (TPSA) is 93.6 Å². The van der Waals surface area contributed by atoms with Crippen molar-refractivity contribution in [3.05, 3.63) is 29.8 Å². The van der Waals surface area contributed by atoms with E-state index in [2.05, 4.69) is 16.7 Å². The SMILES string of the molecule is CCCCC1N(CC2CCCCC2)C(=O)OC12CCN(C1CCN(C(=O)c3ccccc3N(C)C)CC1)CC2.O=C(O)C(F)(F)F. The van der Waals surface area contributed by atoms with Crippen LogP contribution in [-0.4, -0.2) is 108 Å². The number of carbonyl (C=O) groups excluding carboxylic acids is 2. The molecular formula is C34H51F3N4O5. The van der Waals surface area contributed by atoms with Gasteiger partial charge in [0.05, 0.1) is 11.6 Å². The average Bonchev–Trinajstić information content (AvgIpc) is 3.29. The van der Waals surface area contributed by atoms with Crippen LogP contribution < -0.4 is 4.90 Å². The highest BCUT2D eigenvalue weighted by atomic mass is 19.4. The maximum atomic E-state index is 13.3. The van der Waals surface area contributed by atoms with Crippen molar-refractivity contribution >= 4 is 23.7 Å². The molecule has 4 aliphatic rings. The molecule has 1 aromatic carbocycles. The highest BCUT2D eigenvalue weighted by Gasteiger charge is 2.55. The van der Waals surface area contributed by atoms with Gasteiger partial charge in [0.15, 0.2) is 0 Å². The van der Waals surface area contributed by atoms with Crippen molar-refractivity contribution in [1.29, 1.82) is 0 Å². The number of ether oxygens (including phenoxy) is 1. The molecule has 258 valence electrons. The third-order valence-electron chi connectivity index (χ3n) is 10.3. The number of halogens is 3. The monoisotopic (exact) mass is 652 g/mol. The van der Waals surface area contributed by atoms with E-state index in [1.54, 1.807) is 0 Å². The van der Waals surface area contributed by atoms with Crippen molar-refractivity contribution in [2.45, 2.75) is 108 Å². The van der Waals surface area contributed by atoms with Gasteiger partial charge >= 0.3 is 18.2 Å². The van der Waals surface area contributed by atoms with Crippen LogP contribution in [0.3, 0.4) is 0 Å². The van der Waals surface area contributed by atoms with Gasteiger partial charge < -0.3 is 24.5 Å². The number of alkyl halides is 3. The summed E-state index contributed by atoms with van der Waals surface area (Å²) in [5.74, 6) is -1.97. The number of anilines is 1. The Kier molecular flexibility index (Phi) is 12.2. The Morgan fingerprint density at radius 1 is 1.00 bits per heavy atom. The summed E-state index contributed by atoms with van der Waals surface area (Å²) in [6.07, 6.45) is 8.58. The zero-order valence-corrected chi connectivity index (χ0v) is 27.6. The van der Waals surface area contributed by atoms with Crippen LogP contribution in [0.2, 0.25) is 0 Å². The van der Waals surface area contributed by atoms with Crippen LogP contribution in [0.25, 0.3) is 0 Å². The Hall–Kier alpha value is -3.02. The maximum absolute atomic E-state index is 13.3. The van der Waals surface area contributed by atoms with Gasteiger partial charge in [-0.25, -0.2) is 9.59 Å².